The predicted octanol–water partition coefficient (Wildman–Crippen LogP) is 7.45. The monoisotopic (exact) mass is 636 g/mol. The molecule has 2 fully saturated rings. The van der Waals surface area contributed by atoms with Crippen LogP contribution in [0.5, 0.6) is 0 Å². The van der Waals surface area contributed by atoms with Crippen molar-refractivity contribution in [1.82, 2.24) is 24.6 Å². The lowest BCUT2D eigenvalue weighted by Crippen LogP contribution is -2.52. The van der Waals surface area contributed by atoms with Crippen molar-refractivity contribution in [2.45, 2.75) is 58.0 Å². The third-order valence-corrected chi connectivity index (χ3v) is 10.4. The van der Waals surface area contributed by atoms with Crippen molar-refractivity contribution < 1.29 is 8.78 Å². The first-order valence-corrected chi connectivity index (χ1v) is 16.5. The molecule has 0 amide bonds. The zero-order chi connectivity index (χ0) is 31.0. The average molecular weight is 637 g/mol. The molecule has 12 heteroatoms. The highest BCUT2D eigenvalue weighted by Crippen LogP contribution is 2.42. The second-order valence-corrected chi connectivity index (χ2v) is 14.3. The van der Waals surface area contributed by atoms with E-state index < -0.39 is 0 Å². The molecule has 4 aromatic rings. The van der Waals surface area contributed by atoms with Crippen molar-refractivity contribution in [2.75, 3.05) is 41.6 Å². The summed E-state index contributed by atoms with van der Waals surface area (Å²) in [6, 6.07) is 12.9. The normalized spacial score (nSPS) is 18.2. The Balaban J connectivity index is 1.30. The second-order valence-electron chi connectivity index (χ2n) is 12.3. The number of benzene rings is 2. The first-order chi connectivity index (χ1) is 21.1. The van der Waals surface area contributed by atoms with Gasteiger partial charge < -0.3 is 20.3 Å². The number of nitrogens with zero attached hydrogens (tertiary/aromatic N) is 5. The fraction of sp³-hybridized carbons (Fsp3) is 0.406. The van der Waals surface area contributed by atoms with Crippen LogP contribution in [0.2, 0.25) is 0 Å². The largest absolute Gasteiger partial charge is 0.361 e. The van der Waals surface area contributed by atoms with Crippen LogP contribution >= 0.6 is 23.5 Å². The molecule has 2 aromatic heterocycles. The Morgan fingerprint density at radius 2 is 1.86 bits per heavy atom. The van der Waals surface area contributed by atoms with Crippen molar-refractivity contribution in [3.63, 3.8) is 0 Å². The SMILES string of the molecule is CCN(C)SNc1cccc(-c2nc(C(C)(C)C)sc2-c2ccnc(Nc3ccc(N4C5CCC4CNC5)c(F)c3)n2)c1F. The molecule has 4 heterocycles. The maximum atomic E-state index is 15.9. The van der Waals surface area contributed by atoms with E-state index in [0.717, 1.165) is 42.4 Å². The number of fused-ring (bicyclic) bond motifs is 2. The summed E-state index contributed by atoms with van der Waals surface area (Å²) in [5.74, 6) is -0.322. The molecule has 232 valence electrons. The Morgan fingerprint density at radius 1 is 1.09 bits per heavy atom. The van der Waals surface area contributed by atoms with Gasteiger partial charge in [0, 0.05) is 66.7 Å². The molecule has 6 rings (SSSR count). The lowest BCUT2D eigenvalue weighted by atomic mass is 9.98. The minimum atomic E-state index is -0.377. The van der Waals surface area contributed by atoms with E-state index in [0.29, 0.717) is 52.0 Å². The fourth-order valence-electron chi connectivity index (χ4n) is 5.62. The number of hydrogen-bond acceptors (Lipinski definition) is 10. The topological polar surface area (TPSA) is 81.2 Å². The van der Waals surface area contributed by atoms with Gasteiger partial charge in [0.05, 0.1) is 32.6 Å². The lowest BCUT2D eigenvalue weighted by molar-refractivity contribution is 0.476. The van der Waals surface area contributed by atoms with Gasteiger partial charge in [-0.25, -0.2) is 28.0 Å². The zero-order valence-electron chi connectivity index (χ0n) is 25.6. The molecular weight excluding hydrogens is 599 g/mol. The molecule has 2 bridgehead atoms. The Morgan fingerprint density at radius 3 is 2.57 bits per heavy atom. The summed E-state index contributed by atoms with van der Waals surface area (Å²) < 4.78 is 36.4. The minimum absolute atomic E-state index is 0.249. The molecule has 2 aliphatic rings. The van der Waals surface area contributed by atoms with Gasteiger partial charge in [0.15, 0.2) is 5.82 Å². The van der Waals surface area contributed by atoms with Gasteiger partial charge in [0.25, 0.3) is 0 Å². The summed E-state index contributed by atoms with van der Waals surface area (Å²) >= 11 is 2.83. The zero-order valence-corrected chi connectivity index (χ0v) is 27.3. The van der Waals surface area contributed by atoms with E-state index in [1.165, 1.54) is 29.5 Å². The number of nitrogens with one attached hydrogen (secondary N) is 3. The molecule has 2 aromatic carbocycles. The molecule has 44 heavy (non-hydrogen) atoms. The van der Waals surface area contributed by atoms with Gasteiger partial charge in [0.1, 0.15) is 5.82 Å². The van der Waals surface area contributed by atoms with Crippen LogP contribution in [0.1, 0.15) is 45.5 Å². The average Bonchev–Trinajstić information content (AvgIpc) is 3.55. The highest BCUT2D eigenvalue weighted by molar-refractivity contribution is 7.98. The van der Waals surface area contributed by atoms with E-state index in [9.17, 15) is 0 Å². The van der Waals surface area contributed by atoms with Gasteiger partial charge in [-0.3, -0.25) is 0 Å². The van der Waals surface area contributed by atoms with Crippen LogP contribution in [-0.2, 0) is 5.41 Å². The van der Waals surface area contributed by atoms with Crippen LogP contribution in [0.3, 0.4) is 0 Å². The highest BCUT2D eigenvalue weighted by atomic mass is 32.2. The number of thiazole rings is 1. The van der Waals surface area contributed by atoms with E-state index in [4.69, 9.17) is 9.97 Å². The second kappa shape index (κ2) is 12.6. The van der Waals surface area contributed by atoms with Crippen molar-refractivity contribution >= 4 is 46.5 Å². The van der Waals surface area contributed by atoms with Gasteiger partial charge in [0.2, 0.25) is 5.95 Å². The minimum Gasteiger partial charge on any atom is -0.361 e. The van der Waals surface area contributed by atoms with Gasteiger partial charge in [-0.15, -0.1) is 11.3 Å². The molecular formula is C32H38F2N8S2. The summed E-state index contributed by atoms with van der Waals surface area (Å²) in [7, 11) is 1.94. The van der Waals surface area contributed by atoms with E-state index in [-0.39, 0.29) is 17.0 Å². The first-order valence-electron chi connectivity index (χ1n) is 15.0. The maximum Gasteiger partial charge on any atom is 0.227 e. The van der Waals surface area contributed by atoms with Crippen molar-refractivity contribution in [1.29, 1.82) is 0 Å². The van der Waals surface area contributed by atoms with Crippen LogP contribution in [0, 0.1) is 11.6 Å². The fourth-order valence-corrected chi connectivity index (χ4v) is 7.27. The van der Waals surface area contributed by atoms with E-state index >= 15 is 8.78 Å². The molecule has 2 saturated heterocycles. The summed E-state index contributed by atoms with van der Waals surface area (Å²) in [5, 5.41) is 7.49. The molecule has 2 atom stereocenters. The Kier molecular flexibility index (Phi) is 8.78. The predicted molar refractivity (Wildman–Crippen MR) is 179 cm³/mol. The number of halogens is 2. The van der Waals surface area contributed by atoms with Crippen LogP contribution in [0.15, 0.2) is 48.7 Å². The summed E-state index contributed by atoms with van der Waals surface area (Å²) in [4.78, 5) is 17.1. The third-order valence-electron chi connectivity index (χ3n) is 8.03. The molecule has 3 N–H and O–H groups in total. The lowest BCUT2D eigenvalue weighted by Gasteiger charge is -2.37. The van der Waals surface area contributed by atoms with E-state index in [1.807, 2.05) is 36.5 Å². The quantitative estimate of drug-likeness (QED) is 0.162. The number of rotatable bonds is 9. The van der Waals surface area contributed by atoms with Crippen molar-refractivity contribution in [2.24, 2.45) is 0 Å². The summed E-state index contributed by atoms with van der Waals surface area (Å²) in [6.45, 7) is 10.9. The Hall–Kier alpha value is -3.32. The van der Waals surface area contributed by atoms with Gasteiger partial charge in [-0.1, -0.05) is 33.8 Å². The number of piperazine rings is 1. The molecule has 0 aliphatic carbocycles. The molecule has 2 aliphatic heterocycles. The van der Waals surface area contributed by atoms with Crippen molar-refractivity contribution in [3.05, 3.63) is 65.3 Å². The molecule has 2 unspecified atom stereocenters. The van der Waals surface area contributed by atoms with Crippen LogP contribution in [-0.4, -0.2) is 58.0 Å². The third kappa shape index (κ3) is 6.26. The number of hydrogen-bond donors (Lipinski definition) is 3. The Bertz CT molecular complexity index is 1620. The molecule has 8 nitrogen and oxygen atoms in total. The molecule has 0 saturated carbocycles. The van der Waals surface area contributed by atoms with Gasteiger partial charge >= 0.3 is 0 Å². The van der Waals surface area contributed by atoms with Crippen LogP contribution < -0.4 is 20.3 Å². The number of aromatic nitrogens is 3. The number of anilines is 4. The van der Waals surface area contributed by atoms with Crippen LogP contribution in [0.25, 0.3) is 21.8 Å². The standard InChI is InChI=1S/C32H38F2N8S2/c1-6-41(5)44-40-24-9-7-8-22(27(24)34)28-29(43-30(39-28)32(2,3)4)25-14-15-36-31(38-25)37-19-10-13-26(23(33)16-19)42-20-11-12-21(42)18-35-17-20/h7-10,13-16,20-21,35,40H,6,11-12,17-18H2,1-5H3,(H,36,37,38). The van der Waals surface area contributed by atoms with Gasteiger partial charge in [-0.2, -0.15) is 0 Å². The highest BCUT2D eigenvalue weighted by Gasteiger charge is 2.37. The van der Waals surface area contributed by atoms with E-state index in [1.54, 1.807) is 24.4 Å². The van der Waals surface area contributed by atoms with Crippen LogP contribution in [0.4, 0.5) is 31.8 Å². The first kappa shape index (κ1) is 30.7. The van der Waals surface area contributed by atoms with Crippen molar-refractivity contribution in [3.8, 4) is 21.8 Å². The molecule has 0 spiro atoms. The summed E-state index contributed by atoms with van der Waals surface area (Å²) in [5.41, 5.74) is 2.86. The van der Waals surface area contributed by atoms with E-state index in [2.05, 4.69) is 46.0 Å². The Labute approximate surface area is 266 Å². The maximum absolute atomic E-state index is 15.9. The smallest absolute Gasteiger partial charge is 0.227 e. The van der Waals surface area contributed by atoms with Gasteiger partial charge in [-0.05, 0) is 56.3 Å². The summed E-state index contributed by atoms with van der Waals surface area (Å²) in [6.07, 6.45) is 3.81. The molecule has 0 radical (unpaired) electrons.